The van der Waals surface area contributed by atoms with E-state index in [-0.39, 0.29) is 11.4 Å². The number of aromatic nitrogens is 1. The molecule has 19 heavy (non-hydrogen) atoms. The molecule has 3 nitrogen and oxygen atoms in total. The predicted octanol–water partition coefficient (Wildman–Crippen LogP) is 3.32. The molecule has 1 fully saturated rings. The van der Waals surface area contributed by atoms with Crippen LogP contribution in [0.4, 0.5) is 10.2 Å². The van der Waals surface area contributed by atoms with Crippen molar-refractivity contribution in [1.29, 1.82) is 0 Å². The Hall–Kier alpha value is -1.16. The number of rotatable bonds is 4. The molecule has 0 spiro atoms. The molecule has 1 aliphatic rings. The van der Waals surface area contributed by atoms with Crippen molar-refractivity contribution < 1.29 is 4.39 Å². The zero-order chi connectivity index (χ0) is 14.0. The molecule has 0 atom stereocenters. The van der Waals surface area contributed by atoms with Crippen LogP contribution in [0.1, 0.15) is 46.1 Å². The third-order valence-corrected chi connectivity index (χ3v) is 3.49. The maximum absolute atomic E-state index is 14.3. The lowest BCUT2D eigenvalue weighted by Crippen LogP contribution is -2.36. The Morgan fingerprint density at radius 2 is 2.05 bits per heavy atom. The van der Waals surface area contributed by atoms with Crippen LogP contribution in [-0.2, 0) is 6.54 Å². The highest BCUT2D eigenvalue weighted by Gasteiger charge is 2.26. The van der Waals surface area contributed by atoms with Crippen molar-refractivity contribution in [3.63, 3.8) is 0 Å². The second-order valence-corrected chi connectivity index (χ2v) is 6.65. The number of nitrogens with zero attached hydrogens (tertiary/aromatic N) is 1. The van der Waals surface area contributed by atoms with Gasteiger partial charge in [0.1, 0.15) is 0 Å². The molecule has 1 aromatic heterocycles. The predicted molar refractivity (Wildman–Crippen MR) is 76.6 cm³/mol. The third kappa shape index (κ3) is 3.90. The van der Waals surface area contributed by atoms with Crippen molar-refractivity contribution in [2.24, 2.45) is 5.92 Å². The lowest BCUT2D eigenvalue weighted by Gasteiger charge is -2.33. The highest BCUT2D eigenvalue weighted by molar-refractivity contribution is 5.41. The van der Waals surface area contributed by atoms with Gasteiger partial charge in [0.05, 0.1) is 0 Å². The van der Waals surface area contributed by atoms with Crippen molar-refractivity contribution in [2.45, 2.75) is 58.7 Å². The standard InChI is InChI=1S/C15H24FN3/c1-10-7-12(8-10)19-14-13(16)11(5-6-17-14)9-18-15(2,3)4/h5-6,10,12,18H,7-9H2,1-4H3,(H,17,19). The van der Waals surface area contributed by atoms with E-state index in [1.165, 1.54) is 0 Å². The normalized spacial score (nSPS) is 23.0. The minimum atomic E-state index is -0.223. The summed E-state index contributed by atoms with van der Waals surface area (Å²) in [5.41, 5.74) is 0.645. The summed E-state index contributed by atoms with van der Waals surface area (Å²) in [6.07, 6.45) is 3.88. The van der Waals surface area contributed by atoms with Gasteiger partial charge in [-0.25, -0.2) is 9.37 Å². The minimum Gasteiger partial charge on any atom is -0.365 e. The van der Waals surface area contributed by atoms with E-state index < -0.39 is 0 Å². The summed E-state index contributed by atoms with van der Waals surface area (Å²) >= 11 is 0. The maximum atomic E-state index is 14.3. The Balaban J connectivity index is 2.01. The molecule has 1 heterocycles. The molecule has 2 N–H and O–H groups in total. The first kappa shape index (κ1) is 14.3. The van der Waals surface area contributed by atoms with Gasteiger partial charge in [-0.05, 0) is 45.6 Å². The van der Waals surface area contributed by atoms with Gasteiger partial charge in [-0.2, -0.15) is 0 Å². The SMILES string of the molecule is CC1CC(Nc2nccc(CNC(C)(C)C)c2F)C1. The molecular weight excluding hydrogens is 241 g/mol. The van der Waals surface area contributed by atoms with Gasteiger partial charge in [0.2, 0.25) is 0 Å². The first-order valence-corrected chi connectivity index (χ1v) is 7.00. The van der Waals surface area contributed by atoms with Gasteiger partial charge in [0.15, 0.2) is 11.6 Å². The van der Waals surface area contributed by atoms with Crippen LogP contribution < -0.4 is 10.6 Å². The van der Waals surface area contributed by atoms with E-state index in [2.05, 4.69) is 43.3 Å². The fourth-order valence-electron chi connectivity index (χ4n) is 2.29. The second-order valence-electron chi connectivity index (χ2n) is 6.65. The van der Waals surface area contributed by atoms with Gasteiger partial charge in [-0.1, -0.05) is 6.92 Å². The number of anilines is 1. The molecule has 0 amide bonds. The minimum absolute atomic E-state index is 0.0211. The summed E-state index contributed by atoms with van der Waals surface area (Å²) < 4.78 is 14.3. The second kappa shape index (κ2) is 5.45. The largest absolute Gasteiger partial charge is 0.365 e. The van der Waals surface area contributed by atoms with E-state index in [0.717, 1.165) is 18.8 Å². The van der Waals surface area contributed by atoms with Gasteiger partial charge in [0, 0.05) is 29.9 Å². The van der Waals surface area contributed by atoms with Gasteiger partial charge in [0.25, 0.3) is 0 Å². The molecule has 4 heteroatoms. The van der Waals surface area contributed by atoms with E-state index in [4.69, 9.17) is 0 Å². The van der Waals surface area contributed by atoms with Crippen molar-refractivity contribution in [3.8, 4) is 0 Å². The lowest BCUT2D eigenvalue weighted by molar-refractivity contribution is 0.307. The first-order valence-electron chi connectivity index (χ1n) is 7.00. The van der Waals surface area contributed by atoms with Crippen LogP contribution in [0.25, 0.3) is 0 Å². The topological polar surface area (TPSA) is 37.0 Å². The van der Waals surface area contributed by atoms with Gasteiger partial charge in [-0.3, -0.25) is 0 Å². The van der Waals surface area contributed by atoms with Crippen molar-refractivity contribution in [2.75, 3.05) is 5.32 Å². The van der Waals surface area contributed by atoms with Crippen molar-refractivity contribution in [1.82, 2.24) is 10.3 Å². The van der Waals surface area contributed by atoms with Crippen LogP contribution in [0, 0.1) is 11.7 Å². The average Bonchev–Trinajstić information content (AvgIpc) is 2.27. The summed E-state index contributed by atoms with van der Waals surface area (Å²) in [6, 6.07) is 2.12. The molecule has 1 aromatic rings. The van der Waals surface area contributed by atoms with Gasteiger partial charge >= 0.3 is 0 Å². The van der Waals surface area contributed by atoms with E-state index >= 15 is 0 Å². The summed E-state index contributed by atoms with van der Waals surface area (Å²) in [6.45, 7) is 8.95. The van der Waals surface area contributed by atoms with E-state index in [0.29, 0.717) is 24.0 Å². The molecule has 0 unspecified atom stereocenters. The third-order valence-electron chi connectivity index (χ3n) is 3.49. The van der Waals surface area contributed by atoms with Crippen LogP contribution in [0.15, 0.2) is 12.3 Å². The van der Waals surface area contributed by atoms with Crippen molar-refractivity contribution >= 4 is 5.82 Å². The summed E-state index contributed by atoms with van der Waals surface area (Å²) in [7, 11) is 0. The zero-order valence-corrected chi connectivity index (χ0v) is 12.3. The molecule has 106 valence electrons. The quantitative estimate of drug-likeness (QED) is 0.877. The summed E-state index contributed by atoms with van der Waals surface area (Å²) in [5, 5.41) is 6.50. The summed E-state index contributed by atoms with van der Waals surface area (Å²) in [5.74, 6) is 0.912. The lowest BCUT2D eigenvalue weighted by atomic mass is 9.82. The zero-order valence-electron chi connectivity index (χ0n) is 12.3. The summed E-state index contributed by atoms with van der Waals surface area (Å²) in [4.78, 5) is 4.12. The van der Waals surface area contributed by atoms with Gasteiger partial charge < -0.3 is 10.6 Å². The maximum Gasteiger partial charge on any atom is 0.169 e. The van der Waals surface area contributed by atoms with Crippen LogP contribution in [0.3, 0.4) is 0 Å². The Labute approximate surface area is 115 Å². The van der Waals surface area contributed by atoms with Gasteiger partial charge in [-0.15, -0.1) is 0 Å². The first-order chi connectivity index (χ1) is 8.85. The molecule has 0 bridgehead atoms. The van der Waals surface area contributed by atoms with Crippen LogP contribution in [0.5, 0.6) is 0 Å². The molecule has 0 radical (unpaired) electrons. The molecule has 0 aromatic carbocycles. The van der Waals surface area contributed by atoms with Crippen LogP contribution in [0.2, 0.25) is 0 Å². The number of pyridine rings is 1. The molecule has 2 rings (SSSR count). The average molecular weight is 265 g/mol. The Kier molecular flexibility index (Phi) is 4.09. The molecular formula is C15H24FN3. The smallest absolute Gasteiger partial charge is 0.169 e. The highest BCUT2D eigenvalue weighted by Crippen LogP contribution is 2.30. The fraction of sp³-hybridized carbons (Fsp3) is 0.667. The number of hydrogen-bond donors (Lipinski definition) is 2. The Bertz CT molecular complexity index is 434. The molecule has 1 saturated carbocycles. The van der Waals surface area contributed by atoms with E-state index in [9.17, 15) is 4.39 Å². The molecule has 0 aliphatic heterocycles. The number of nitrogens with one attached hydrogen (secondary N) is 2. The van der Waals surface area contributed by atoms with E-state index in [1.54, 1.807) is 12.3 Å². The number of hydrogen-bond acceptors (Lipinski definition) is 3. The number of halogens is 1. The Morgan fingerprint density at radius 1 is 1.37 bits per heavy atom. The van der Waals surface area contributed by atoms with Crippen LogP contribution in [-0.4, -0.2) is 16.6 Å². The monoisotopic (exact) mass is 265 g/mol. The molecule has 1 aliphatic carbocycles. The van der Waals surface area contributed by atoms with E-state index in [1.807, 2.05) is 0 Å². The van der Waals surface area contributed by atoms with Crippen LogP contribution >= 0.6 is 0 Å². The molecule has 0 saturated heterocycles. The Morgan fingerprint density at radius 3 is 2.63 bits per heavy atom. The fourth-order valence-corrected chi connectivity index (χ4v) is 2.29. The van der Waals surface area contributed by atoms with Crippen molar-refractivity contribution in [3.05, 3.63) is 23.6 Å². The highest BCUT2D eigenvalue weighted by atomic mass is 19.1.